The van der Waals surface area contributed by atoms with E-state index in [9.17, 15) is 9.59 Å². The van der Waals surface area contributed by atoms with E-state index in [2.05, 4.69) is 5.32 Å². The Morgan fingerprint density at radius 3 is 2.50 bits per heavy atom. The first-order chi connectivity index (χ1) is 10.7. The smallest absolute Gasteiger partial charge is 0.261 e. The van der Waals surface area contributed by atoms with Gasteiger partial charge < -0.3 is 10.4 Å². The van der Waals surface area contributed by atoms with Gasteiger partial charge in [0.2, 0.25) is 0 Å². The topological polar surface area (TPSA) is 69.6 Å². The third-order valence-electron chi connectivity index (χ3n) is 3.87. The molecule has 0 spiro atoms. The minimum Gasteiger partial charge on any atom is -0.395 e. The van der Waals surface area contributed by atoms with Crippen molar-refractivity contribution < 1.29 is 14.7 Å². The molecule has 114 valence electrons. The number of benzene rings is 2. The van der Waals surface area contributed by atoms with Crippen molar-refractivity contribution in [2.24, 2.45) is 0 Å². The molecule has 1 aliphatic rings. The van der Waals surface area contributed by atoms with Crippen LogP contribution in [-0.4, -0.2) is 41.5 Å². The van der Waals surface area contributed by atoms with Crippen molar-refractivity contribution in [3.63, 3.8) is 0 Å². The van der Waals surface area contributed by atoms with Crippen molar-refractivity contribution in [1.29, 1.82) is 0 Å². The number of aliphatic hydroxyl groups excluding tert-OH is 1. The van der Waals surface area contributed by atoms with Gasteiger partial charge in [0.05, 0.1) is 6.61 Å². The molecule has 1 aliphatic heterocycles. The van der Waals surface area contributed by atoms with Crippen LogP contribution in [-0.2, 0) is 0 Å². The van der Waals surface area contributed by atoms with Gasteiger partial charge in [0.25, 0.3) is 11.8 Å². The summed E-state index contributed by atoms with van der Waals surface area (Å²) in [6.07, 6.45) is 0.735. The molecule has 0 aliphatic carbocycles. The summed E-state index contributed by atoms with van der Waals surface area (Å²) >= 11 is 0. The number of carbonyl (C=O) groups excluding carboxylic acids is 2. The van der Waals surface area contributed by atoms with Crippen LogP contribution in [0.25, 0.3) is 10.8 Å². The number of hydrogen-bond acceptors (Lipinski definition) is 4. The van der Waals surface area contributed by atoms with Crippen LogP contribution in [0.3, 0.4) is 0 Å². The molecule has 1 heterocycles. The average Bonchev–Trinajstić information content (AvgIpc) is 2.54. The molecule has 2 amide bonds. The Kier molecular flexibility index (Phi) is 3.81. The number of aliphatic hydroxyl groups is 1. The highest BCUT2D eigenvalue weighted by molar-refractivity contribution is 6.26. The van der Waals surface area contributed by atoms with Gasteiger partial charge in [-0.05, 0) is 24.6 Å². The number of carbonyl (C=O) groups is 2. The number of amides is 2. The number of hydrogen-bond donors (Lipinski definition) is 2. The average molecular weight is 298 g/mol. The highest BCUT2D eigenvalue weighted by Gasteiger charge is 2.32. The molecule has 22 heavy (non-hydrogen) atoms. The molecule has 0 radical (unpaired) electrons. The molecule has 5 nitrogen and oxygen atoms in total. The summed E-state index contributed by atoms with van der Waals surface area (Å²) in [5, 5.41) is 13.6. The second-order valence-corrected chi connectivity index (χ2v) is 5.30. The largest absolute Gasteiger partial charge is 0.395 e. The fourth-order valence-corrected chi connectivity index (χ4v) is 2.92. The maximum Gasteiger partial charge on any atom is 0.261 e. The van der Waals surface area contributed by atoms with Gasteiger partial charge in [-0.3, -0.25) is 14.5 Å². The van der Waals surface area contributed by atoms with E-state index in [0.29, 0.717) is 29.6 Å². The van der Waals surface area contributed by atoms with E-state index < -0.39 is 0 Å². The quantitative estimate of drug-likeness (QED) is 0.831. The van der Waals surface area contributed by atoms with Crippen molar-refractivity contribution >= 4 is 28.3 Å². The molecule has 5 heteroatoms. The minimum absolute atomic E-state index is 0.0189. The summed E-state index contributed by atoms with van der Waals surface area (Å²) < 4.78 is 0. The summed E-state index contributed by atoms with van der Waals surface area (Å²) in [5.74, 6) is -0.464. The summed E-state index contributed by atoms with van der Waals surface area (Å²) in [5.41, 5.74) is 1.94. The van der Waals surface area contributed by atoms with E-state index in [1.54, 1.807) is 12.1 Å². The lowest BCUT2D eigenvalue weighted by Crippen LogP contribution is -2.40. The van der Waals surface area contributed by atoms with E-state index in [4.69, 9.17) is 5.11 Å². The first-order valence-electron chi connectivity index (χ1n) is 7.45. The highest BCUT2D eigenvalue weighted by atomic mass is 16.3. The van der Waals surface area contributed by atoms with Crippen molar-refractivity contribution in [2.75, 3.05) is 25.0 Å². The lowest BCUT2D eigenvalue weighted by atomic mass is 9.93. The van der Waals surface area contributed by atoms with Crippen LogP contribution in [0.2, 0.25) is 0 Å². The molecule has 2 aromatic carbocycles. The van der Waals surface area contributed by atoms with Gasteiger partial charge in [-0.25, -0.2) is 0 Å². The van der Waals surface area contributed by atoms with Crippen LogP contribution < -0.4 is 5.32 Å². The van der Waals surface area contributed by atoms with E-state index in [-0.39, 0.29) is 18.4 Å². The molecule has 0 fully saturated rings. The maximum atomic E-state index is 12.6. The van der Waals surface area contributed by atoms with Gasteiger partial charge in [0.15, 0.2) is 0 Å². The number of nitrogens with one attached hydrogen (secondary N) is 1. The van der Waals surface area contributed by atoms with Crippen LogP contribution in [0.5, 0.6) is 0 Å². The Balaban J connectivity index is 2.20. The summed E-state index contributed by atoms with van der Waals surface area (Å²) in [6, 6.07) is 9.05. The van der Waals surface area contributed by atoms with Crippen molar-refractivity contribution in [3.8, 4) is 0 Å². The van der Waals surface area contributed by atoms with E-state index in [1.807, 2.05) is 25.1 Å². The van der Waals surface area contributed by atoms with Gasteiger partial charge in [-0.15, -0.1) is 0 Å². The van der Waals surface area contributed by atoms with Gasteiger partial charge in [-0.2, -0.15) is 0 Å². The summed E-state index contributed by atoms with van der Waals surface area (Å²) in [4.78, 5) is 26.5. The van der Waals surface area contributed by atoms with Crippen LogP contribution >= 0.6 is 0 Å². The predicted molar refractivity (Wildman–Crippen MR) is 85.2 cm³/mol. The van der Waals surface area contributed by atoms with E-state index >= 15 is 0 Å². The Labute approximate surface area is 128 Å². The van der Waals surface area contributed by atoms with Crippen molar-refractivity contribution in [1.82, 2.24) is 4.90 Å². The molecular formula is C17H18N2O3. The monoisotopic (exact) mass is 298 g/mol. The minimum atomic E-state index is -0.232. The standard InChI is InChI=1S/C17H18N2O3/c1-2-9-19-16(21)12-5-3-4-11-14(18-8-10-20)7-6-13(15(11)12)17(19)22/h3-7,18,20H,2,8-10H2,1H3. The Morgan fingerprint density at radius 1 is 1.09 bits per heavy atom. The van der Waals surface area contributed by atoms with Gasteiger partial charge in [0, 0.05) is 40.7 Å². The molecular weight excluding hydrogens is 280 g/mol. The van der Waals surface area contributed by atoms with Gasteiger partial charge in [0.1, 0.15) is 0 Å². The molecule has 2 N–H and O–H groups in total. The number of anilines is 1. The number of nitrogens with zero attached hydrogens (tertiary/aromatic N) is 1. The predicted octanol–water partition coefficient (Wildman–Crippen LogP) is 2.25. The Hall–Kier alpha value is -2.40. The Bertz CT molecular complexity index is 733. The van der Waals surface area contributed by atoms with Crippen molar-refractivity contribution in [3.05, 3.63) is 41.5 Å². The van der Waals surface area contributed by atoms with Gasteiger partial charge in [-0.1, -0.05) is 19.1 Å². The maximum absolute atomic E-state index is 12.6. The second kappa shape index (κ2) is 5.77. The molecule has 0 unspecified atom stereocenters. The van der Waals surface area contributed by atoms with Crippen LogP contribution in [0, 0.1) is 0 Å². The fraction of sp³-hybridized carbons (Fsp3) is 0.294. The molecule has 0 saturated heterocycles. The van der Waals surface area contributed by atoms with E-state index in [1.165, 1.54) is 4.90 Å². The third-order valence-corrected chi connectivity index (χ3v) is 3.87. The lowest BCUT2D eigenvalue weighted by Gasteiger charge is -2.27. The molecule has 0 aromatic heterocycles. The first kappa shape index (κ1) is 14.5. The molecule has 0 bridgehead atoms. The summed E-state index contributed by atoms with van der Waals surface area (Å²) in [7, 11) is 0. The molecule has 3 rings (SSSR count). The van der Waals surface area contributed by atoms with Crippen LogP contribution in [0.1, 0.15) is 34.1 Å². The second-order valence-electron chi connectivity index (χ2n) is 5.30. The van der Waals surface area contributed by atoms with Crippen LogP contribution in [0.4, 0.5) is 5.69 Å². The Morgan fingerprint density at radius 2 is 1.82 bits per heavy atom. The van der Waals surface area contributed by atoms with E-state index in [0.717, 1.165) is 17.5 Å². The lowest BCUT2D eigenvalue weighted by molar-refractivity contribution is 0.0610. The highest BCUT2D eigenvalue weighted by Crippen LogP contribution is 2.34. The zero-order valence-corrected chi connectivity index (χ0v) is 12.4. The third kappa shape index (κ3) is 2.14. The SMILES string of the molecule is CCCN1C(=O)c2cccc3c(NCCO)ccc(c23)C1=O. The summed E-state index contributed by atoms with van der Waals surface area (Å²) in [6.45, 7) is 2.81. The van der Waals surface area contributed by atoms with Crippen LogP contribution in [0.15, 0.2) is 30.3 Å². The van der Waals surface area contributed by atoms with Gasteiger partial charge >= 0.3 is 0 Å². The fourth-order valence-electron chi connectivity index (χ4n) is 2.92. The van der Waals surface area contributed by atoms with Crippen molar-refractivity contribution in [2.45, 2.75) is 13.3 Å². The molecule has 0 atom stereocenters. The number of rotatable bonds is 5. The zero-order chi connectivity index (χ0) is 15.7. The number of imide groups is 1. The first-order valence-corrected chi connectivity index (χ1v) is 7.45. The zero-order valence-electron chi connectivity index (χ0n) is 12.4. The normalized spacial score (nSPS) is 13.8. The molecule has 2 aromatic rings. The molecule has 0 saturated carbocycles.